The van der Waals surface area contributed by atoms with E-state index in [1.165, 1.54) is 11.3 Å². The molecule has 2 N–H and O–H groups in total. The molecule has 1 heterocycles. The highest BCUT2D eigenvalue weighted by atomic mass is 32.1. The predicted molar refractivity (Wildman–Crippen MR) is 84.1 cm³/mol. The summed E-state index contributed by atoms with van der Waals surface area (Å²) in [5.41, 5.74) is 2.44. The Bertz CT molecular complexity index is 676. The van der Waals surface area contributed by atoms with Crippen molar-refractivity contribution in [1.29, 1.82) is 0 Å². The Kier molecular flexibility index (Phi) is 4.75. The van der Waals surface area contributed by atoms with Crippen molar-refractivity contribution in [1.82, 2.24) is 0 Å². The summed E-state index contributed by atoms with van der Waals surface area (Å²) in [6.07, 6.45) is 0.978. The fourth-order valence-electron chi connectivity index (χ4n) is 2.09. The summed E-state index contributed by atoms with van der Waals surface area (Å²) < 4.78 is 0. The number of carbonyl (C=O) groups is 2. The highest BCUT2D eigenvalue weighted by molar-refractivity contribution is 7.16. The van der Waals surface area contributed by atoms with E-state index in [1.807, 2.05) is 38.1 Å². The minimum atomic E-state index is -1.02. The lowest BCUT2D eigenvalue weighted by Gasteiger charge is -2.06. The molecule has 0 atom stereocenters. The van der Waals surface area contributed by atoms with Crippen molar-refractivity contribution < 1.29 is 14.7 Å². The highest BCUT2D eigenvalue weighted by Crippen LogP contribution is 2.27. The van der Waals surface area contributed by atoms with Crippen LogP contribution in [0.1, 0.15) is 32.8 Å². The molecule has 0 aliphatic carbocycles. The molecular weight excluding hydrogens is 286 g/mol. The molecule has 5 heteroatoms. The lowest BCUT2D eigenvalue weighted by molar-refractivity contribution is -0.116. The molecule has 0 bridgehead atoms. The van der Waals surface area contributed by atoms with E-state index in [0.717, 1.165) is 16.0 Å². The van der Waals surface area contributed by atoms with Gasteiger partial charge in [-0.05, 0) is 37.5 Å². The molecule has 1 aromatic carbocycles. The van der Waals surface area contributed by atoms with Crippen LogP contribution in [0.3, 0.4) is 0 Å². The Morgan fingerprint density at radius 2 is 1.95 bits per heavy atom. The fourth-order valence-corrected chi connectivity index (χ4v) is 3.01. The van der Waals surface area contributed by atoms with Gasteiger partial charge >= 0.3 is 5.97 Å². The second kappa shape index (κ2) is 6.54. The van der Waals surface area contributed by atoms with Crippen molar-refractivity contribution >= 4 is 28.2 Å². The molecule has 0 radical (unpaired) electrons. The average Bonchev–Trinajstić information content (AvgIpc) is 2.79. The van der Waals surface area contributed by atoms with E-state index in [1.54, 1.807) is 6.07 Å². The SMILES string of the molecule is Cc1cc(C(=O)O)c(NC(=O)CCc2ccccc2C)s1. The van der Waals surface area contributed by atoms with Crippen LogP contribution >= 0.6 is 11.3 Å². The van der Waals surface area contributed by atoms with Gasteiger partial charge in [0.05, 0.1) is 5.56 Å². The van der Waals surface area contributed by atoms with E-state index in [0.29, 0.717) is 17.8 Å². The first-order valence-electron chi connectivity index (χ1n) is 6.65. The number of rotatable bonds is 5. The fraction of sp³-hybridized carbons (Fsp3) is 0.250. The molecule has 0 saturated carbocycles. The molecule has 4 nitrogen and oxygen atoms in total. The lowest BCUT2D eigenvalue weighted by Crippen LogP contribution is -2.13. The molecule has 0 unspecified atom stereocenters. The van der Waals surface area contributed by atoms with Crippen LogP contribution in [0.15, 0.2) is 30.3 Å². The number of aryl methyl sites for hydroxylation is 3. The summed E-state index contributed by atoms with van der Waals surface area (Å²) in [6.45, 7) is 3.83. The third kappa shape index (κ3) is 3.92. The summed E-state index contributed by atoms with van der Waals surface area (Å²) >= 11 is 1.28. The molecule has 2 aromatic rings. The van der Waals surface area contributed by atoms with Gasteiger partial charge in [0.15, 0.2) is 0 Å². The number of benzene rings is 1. The molecule has 0 aliphatic heterocycles. The van der Waals surface area contributed by atoms with Crippen molar-refractivity contribution in [3.05, 3.63) is 51.9 Å². The summed E-state index contributed by atoms with van der Waals surface area (Å²) in [4.78, 5) is 23.9. The summed E-state index contributed by atoms with van der Waals surface area (Å²) in [5.74, 6) is -1.18. The Balaban J connectivity index is 1.99. The average molecular weight is 303 g/mol. The second-order valence-corrected chi connectivity index (χ2v) is 6.14. The van der Waals surface area contributed by atoms with Crippen LogP contribution in [0.2, 0.25) is 0 Å². The first-order chi connectivity index (χ1) is 9.97. The Morgan fingerprint density at radius 3 is 2.62 bits per heavy atom. The molecule has 0 spiro atoms. The molecule has 0 fully saturated rings. The van der Waals surface area contributed by atoms with Gasteiger partial charge in [0.25, 0.3) is 0 Å². The highest BCUT2D eigenvalue weighted by Gasteiger charge is 2.15. The Hall–Kier alpha value is -2.14. The number of aromatic carboxylic acids is 1. The van der Waals surface area contributed by atoms with Gasteiger partial charge in [-0.1, -0.05) is 24.3 Å². The quantitative estimate of drug-likeness (QED) is 0.886. The number of carboxylic acids is 1. The van der Waals surface area contributed by atoms with Gasteiger partial charge in [0.2, 0.25) is 5.91 Å². The van der Waals surface area contributed by atoms with E-state index in [-0.39, 0.29) is 11.5 Å². The first-order valence-corrected chi connectivity index (χ1v) is 7.47. The van der Waals surface area contributed by atoms with E-state index in [4.69, 9.17) is 5.11 Å². The van der Waals surface area contributed by atoms with Gasteiger partial charge in [0, 0.05) is 11.3 Å². The lowest BCUT2D eigenvalue weighted by atomic mass is 10.0. The third-order valence-corrected chi connectivity index (χ3v) is 4.19. The van der Waals surface area contributed by atoms with Gasteiger partial charge in [-0.25, -0.2) is 4.79 Å². The van der Waals surface area contributed by atoms with Crippen molar-refractivity contribution in [2.45, 2.75) is 26.7 Å². The van der Waals surface area contributed by atoms with Crippen LogP contribution in [0.25, 0.3) is 0 Å². The minimum absolute atomic E-state index is 0.154. The monoisotopic (exact) mass is 303 g/mol. The minimum Gasteiger partial charge on any atom is -0.478 e. The number of amides is 1. The van der Waals surface area contributed by atoms with Crippen molar-refractivity contribution in [3.63, 3.8) is 0 Å². The number of anilines is 1. The summed E-state index contributed by atoms with van der Waals surface area (Å²) in [5, 5.41) is 12.2. The smallest absolute Gasteiger partial charge is 0.338 e. The third-order valence-electron chi connectivity index (χ3n) is 3.22. The largest absolute Gasteiger partial charge is 0.478 e. The van der Waals surface area contributed by atoms with E-state index >= 15 is 0 Å². The van der Waals surface area contributed by atoms with Crippen LogP contribution in [-0.4, -0.2) is 17.0 Å². The number of carboxylic acid groups (broad SMARTS) is 1. The number of thiophene rings is 1. The molecule has 110 valence electrons. The number of hydrogen-bond donors (Lipinski definition) is 2. The van der Waals surface area contributed by atoms with Gasteiger partial charge < -0.3 is 10.4 Å². The van der Waals surface area contributed by atoms with Gasteiger partial charge in [-0.2, -0.15) is 0 Å². The molecular formula is C16H17NO3S. The normalized spacial score (nSPS) is 10.4. The summed E-state index contributed by atoms with van der Waals surface area (Å²) in [7, 11) is 0. The number of hydrogen-bond acceptors (Lipinski definition) is 3. The topological polar surface area (TPSA) is 66.4 Å². The molecule has 1 amide bonds. The number of carbonyl (C=O) groups excluding carboxylic acids is 1. The van der Waals surface area contributed by atoms with Crippen molar-refractivity contribution in [2.75, 3.05) is 5.32 Å². The van der Waals surface area contributed by atoms with Gasteiger partial charge in [-0.3, -0.25) is 4.79 Å². The summed E-state index contributed by atoms with van der Waals surface area (Å²) in [6, 6.07) is 9.50. The zero-order valence-electron chi connectivity index (χ0n) is 12.0. The molecule has 2 rings (SSSR count). The van der Waals surface area contributed by atoms with E-state index in [2.05, 4.69) is 5.32 Å². The first kappa shape index (κ1) is 15.3. The maximum absolute atomic E-state index is 12.0. The van der Waals surface area contributed by atoms with Crippen LogP contribution in [0, 0.1) is 13.8 Å². The predicted octanol–water partition coefficient (Wildman–Crippen LogP) is 3.63. The molecule has 21 heavy (non-hydrogen) atoms. The number of nitrogens with one attached hydrogen (secondary N) is 1. The zero-order chi connectivity index (χ0) is 15.4. The molecule has 0 saturated heterocycles. The van der Waals surface area contributed by atoms with E-state index < -0.39 is 5.97 Å². The zero-order valence-corrected chi connectivity index (χ0v) is 12.8. The van der Waals surface area contributed by atoms with Crippen LogP contribution < -0.4 is 5.32 Å². The maximum atomic E-state index is 12.0. The maximum Gasteiger partial charge on any atom is 0.338 e. The van der Waals surface area contributed by atoms with Crippen molar-refractivity contribution in [3.8, 4) is 0 Å². The van der Waals surface area contributed by atoms with Crippen LogP contribution in [0.4, 0.5) is 5.00 Å². The van der Waals surface area contributed by atoms with Gasteiger partial charge in [0.1, 0.15) is 5.00 Å². The van der Waals surface area contributed by atoms with E-state index in [9.17, 15) is 9.59 Å². The molecule has 1 aromatic heterocycles. The Morgan fingerprint density at radius 1 is 1.24 bits per heavy atom. The van der Waals surface area contributed by atoms with Crippen LogP contribution in [-0.2, 0) is 11.2 Å². The van der Waals surface area contributed by atoms with Gasteiger partial charge in [-0.15, -0.1) is 11.3 Å². The second-order valence-electron chi connectivity index (χ2n) is 4.88. The standard InChI is InChI=1S/C16H17NO3S/c1-10-5-3-4-6-12(10)7-8-14(18)17-15-13(16(19)20)9-11(2)21-15/h3-6,9H,7-8H2,1-2H3,(H,17,18)(H,19,20). The van der Waals surface area contributed by atoms with Crippen LogP contribution in [0.5, 0.6) is 0 Å². The molecule has 0 aliphatic rings. The van der Waals surface area contributed by atoms with Crippen molar-refractivity contribution in [2.24, 2.45) is 0 Å². The Labute approximate surface area is 127 Å².